The fourth-order valence-corrected chi connectivity index (χ4v) is 2.15. The number of benzene rings is 1. The summed E-state index contributed by atoms with van der Waals surface area (Å²) in [5.41, 5.74) is 0.570. The van der Waals surface area contributed by atoms with Crippen LogP contribution in [0.4, 0.5) is 0 Å². The van der Waals surface area contributed by atoms with Gasteiger partial charge in [0.15, 0.2) is 0 Å². The molecule has 0 aliphatic rings. The highest BCUT2D eigenvalue weighted by Crippen LogP contribution is 2.06. The molecule has 0 aromatic heterocycles. The van der Waals surface area contributed by atoms with Crippen molar-refractivity contribution in [3.63, 3.8) is 0 Å². The Kier molecular flexibility index (Phi) is 8.17. The second-order valence-corrected chi connectivity index (χ2v) is 5.22. The Bertz CT molecular complexity index is 432. The van der Waals surface area contributed by atoms with Crippen LogP contribution in [0.15, 0.2) is 30.3 Å². The van der Waals surface area contributed by atoms with Crippen LogP contribution >= 0.6 is 0 Å². The van der Waals surface area contributed by atoms with Crippen LogP contribution in [0, 0.1) is 0 Å². The molecular formula is C17H26N2O2. The Morgan fingerprint density at radius 3 is 2.43 bits per heavy atom. The zero-order valence-electron chi connectivity index (χ0n) is 13.0. The van der Waals surface area contributed by atoms with Crippen LogP contribution in [0.2, 0.25) is 0 Å². The Hall–Kier alpha value is -1.84. The van der Waals surface area contributed by atoms with Gasteiger partial charge >= 0.3 is 0 Å². The third kappa shape index (κ3) is 6.93. The fraction of sp³-hybridized carbons (Fsp3) is 0.529. The van der Waals surface area contributed by atoms with E-state index in [0.29, 0.717) is 5.56 Å². The number of rotatable bonds is 9. The summed E-state index contributed by atoms with van der Waals surface area (Å²) >= 11 is 0. The van der Waals surface area contributed by atoms with E-state index in [1.54, 1.807) is 24.3 Å². The maximum Gasteiger partial charge on any atom is 0.251 e. The molecule has 0 fully saturated rings. The second-order valence-electron chi connectivity index (χ2n) is 5.22. The van der Waals surface area contributed by atoms with Crippen molar-refractivity contribution in [2.45, 2.75) is 52.0 Å². The SMILES string of the molecule is CCCCCC(CC)NC(=O)CNC(=O)c1ccccc1. The summed E-state index contributed by atoms with van der Waals surface area (Å²) in [6.07, 6.45) is 5.42. The van der Waals surface area contributed by atoms with Gasteiger partial charge in [-0.3, -0.25) is 9.59 Å². The molecule has 1 rings (SSSR count). The molecule has 1 atom stereocenters. The van der Waals surface area contributed by atoms with E-state index in [9.17, 15) is 9.59 Å². The van der Waals surface area contributed by atoms with Crippen LogP contribution in [0.3, 0.4) is 0 Å². The van der Waals surface area contributed by atoms with Gasteiger partial charge < -0.3 is 10.6 Å². The molecule has 2 amide bonds. The van der Waals surface area contributed by atoms with Crippen LogP contribution < -0.4 is 10.6 Å². The average molecular weight is 290 g/mol. The maximum absolute atomic E-state index is 11.9. The molecule has 0 aliphatic heterocycles. The highest BCUT2D eigenvalue weighted by Gasteiger charge is 2.11. The number of nitrogens with one attached hydrogen (secondary N) is 2. The number of unbranched alkanes of at least 4 members (excludes halogenated alkanes) is 2. The number of amides is 2. The first-order chi connectivity index (χ1) is 10.2. The molecule has 116 valence electrons. The second kappa shape index (κ2) is 9.97. The topological polar surface area (TPSA) is 58.2 Å². The summed E-state index contributed by atoms with van der Waals surface area (Å²) in [7, 11) is 0. The van der Waals surface area contributed by atoms with Gasteiger partial charge in [0.25, 0.3) is 5.91 Å². The standard InChI is InChI=1S/C17H26N2O2/c1-3-5-7-12-15(4-2)19-16(20)13-18-17(21)14-10-8-6-9-11-14/h6,8-11,15H,3-5,7,12-13H2,1-2H3,(H,18,21)(H,19,20). The van der Waals surface area contributed by atoms with Crippen molar-refractivity contribution in [3.8, 4) is 0 Å². The van der Waals surface area contributed by atoms with Crippen LogP contribution in [0.25, 0.3) is 0 Å². The van der Waals surface area contributed by atoms with E-state index >= 15 is 0 Å². The Morgan fingerprint density at radius 1 is 1.10 bits per heavy atom. The van der Waals surface area contributed by atoms with Crippen molar-refractivity contribution in [3.05, 3.63) is 35.9 Å². The first-order valence-electron chi connectivity index (χ1n) is 7.80. The zero-order chi connectivity index (χ0) is 15.5. The molecule has 4 heteroatoms. The molecule has 2 N–H and O–H groups in total. The molecule has 1 unspecified atom stereocenters. The largest absolute Gasteiger partial charge is 0.352 e. The molecule has 0 aliphatic carbocycles. The zero-order valence-corrected chi connectivity index (χ0v) is 13.0. The third-order valence-corrected chi connectivity index (χ3v) is 3.46. The summed E-state index contributed by atoms with van der Waals surface area (Å²) < 4.78 is 0. The molecule has 0 heterocycles. The minimum atomic E-state index is -0.218. The van der Waals surface area contributed by atoms with Crippen molar-refractivity contribution in [2.75, 3.05) is 6.54 Å². The van der Waals surface area contributed by atoms with Crippen LogP contribution in [0.5, 0.6) is 0 Å². The lowest BCUT2D eigenvalue weighted by Crippen LogP contribution is -2.41. The van der Waals surface area contributed by atoms with E-state index < -0.39 is 0 Å². The van der Waals surface area contributed by atoms with Gasteiger partial charge in [-0.25, -0.2) is 0 Å². The van der Waals surface area contributed by atoms with Gasteiger partial charge in [-0.1, -0.05) is 51.3 Å². The fourth-order valence-electron chi connectivity index (χ4n) is 2.15. The minimum Gasteiger partial charge on any atom is -0.352 e. The van der Waals surface area contributed by atoms with Gasteiger partial charge in [0, 0.05) is 11.6 Å². The van der Waals surface area contributed by atoms with E-state index in [1.165, 1.54) is 12.8 Å². The van der Waals surface area contributed by atoms with E-state index in [-0.39, 0.29) is 24.4 Å². The highest BCUT2D eigenvalue weighted by molar-refractivity contribution is 5.96. The molecule has 0 radical (unpaired) electrons. The van der Waals surface area contributed by atoms with Gasteiger partial charge in [0.2, 0.25) is 5.91 Å². The van der Waals surface area contributed by atoms with Crippen molar-refractivity contribution in [1.82, 2.24) is 10.6 Å². The molecule has 0 spiro atoms. The monoisotopic (exact) mass is 290 g/mol. The van der Waals surface area contributed by atoms with Crippen LogP contribution in [0.1, 0.15) is 56.3 Å². The lowest BCUT2D eigenvalue weighted by atomic mass is 10.1. The summed E-state index contributed by atoms with van der Waals surface area (Å²) in [5.74, 6) is -0.340. The lowest BCUT2D eigenvalue weighted by Gasteiger charge is -2.17. The van der Waals surface area contributed by atoms with Crippen molar-refractivity contribution < 1.29 is 9.59 Å². The summed E-state index contributed by atoms with van der Waals surface area (Å²) in [6, 6.07) is 9.12. The Morgan fingerprint density at radius 2 is 1.81 bits per heavy atom. The average Bonchev–Trinajstić information content (AvgIpc) is 2.52. The van der Waals surface area contributed by atoms with Crippen molar-refractivity contribution >= 4 is 11.8 Å². The summed E-state index contributed by atoms with van der Waals surface area (Å²) in [6.45, 7) is 4.26. The predicted molar refractivity (Wildman–Crippen MR) is 85.1 cm³/mol. The third-order valence-electron chi connectivity index (χ3n) is 3.46. The van der Waals surface area contributed by atoms with E-state index in [1.807, 2.05) is 6.07 Å². The highest BCUT2D eigenvalue weighted by atomic mass is 16.2. The molecule has 1 aromatic rings. The van der Waals surface area contributed by atoms with Gasteiger partial charge in [-0.05, 0) is 25.0 Å². The van der Waals surface area contributed by atoms with Gasteiger partial charge in [0.1, 0.15) is 0 Å². The first kappa shape index (κ1) is 17.2. The Balaban J connectivity index is 2.31. The molecular weight excluding hydrogens is 264 g/mol. The summed E-state index contributed by atoms with van der Waals surface area (Å²) in [5, 5.41) is 5.62. The lowest BCUT2D eigenvalue weighted by molar-refractivity contribution is -0.120. The number of hydrogen-bond acceptors (Lipinski definition) is 2. The molecule has 0 saturated heterocycles. The van der Waals surface area contributed by atoms with Crippen LogP contribution in [-0.4, -0.2) is 24.4 Å². The van der Waals surface area contributed by atoms with Gasteiger partial charge in [-0.15, -0.1) is 0 Å². The number of carbonyl (C=O) groups is 2. The first-order valence-corrected chi connectivity index (χ1v) is 7.80. The molecule has 21 heavy (non-hydrogen) atoms. The van der Waals surface area contributed by atoms with Crippen molar-refractivity contribution in [2.24, 2.45) is 0 Å². The van der Waals surface area contributed by atoms with E-state index in [0.717, 1.165) is 19.3 Å². The number of hydrogen-bond donors (Lipinski definition) is 2. The van der Waals surface area contributed by atoms with Crippen molar-refractivity contribution in [1.29, 1.82) is 0 Å². The maximum atomic E-state index is 11.9. The Labute approximate surface area is 127 Å². The molecule has 0 bridgehead atoms. The molecule has 1 aromatic carbocycles. The summed E-state index contributed by atoms with van der Waals surface area (Å²) in [4.78, 5) is 23.7. The van der Waals surface area contributed by atoms with E-state index in [2.05, 4.69) is 24.5 Å². The van der Waals surface area contributed by atoms with Crippen LogP contribution in [-0.2, 0) is 4.79 Å². The smallest absolute Gasteiger partial charge is 0.251 e. The minimum absolute atomic E-state index is 0.0258. The van der Waals surface area contributed by atoms with E-state index in [4.69, 9.17) is 0 Å². The quantitative estimate of drug-likeness (QED) is 0.687. The van der Waals surface area contributed by atoms with Gasteiger partial charge in [-0.2, -0.15) is 0 Å². The predicted octanol–water partition coefficient (Wildman–Crippen LogP) is 2.89. The molecule has 4 nitrogen and oxygen atoms in total. The number of carbonyl (C=O) groups excluding carboxylic acids is 2. The normalized spacial score (nSPS) is 11.7. The molecule has 0 saturated carbocycles. The van der Waals surface area contributed by atoms with Gasteiger partial charge in [0.05, 0.1) is 6.54 Å².